The van der Waals surface area contributed by atoms with Gasteiger partial charge in [-0.15, -0.1) is 0 Å². The minimum atomic E-state index is -2.47. The maximum absolute atomic E-state index is 12.0. The lowest BCUT2D eigenvalue weighted by Crippen LogP contribution is -2.07. The highest BCUT2D eigenvalue weighted by Crippen LogP contribution is 2.23. The Balaban J connectivity index is 2.34. The molecule has 0 amide bonds. The van der Waals surface area contributed by atoms with E-state index < -0.39 is 13.0 Å². The fraction of sp³-hybridized carbons (Fsp3) is 0.182. The second-order valence-electron chi connectivity index (χ2n) is 3.03. The lowest BCUT2D eigenvalue weighted by molar-refractivity contribution is 0.0826. The summed E-state index contributed by atoms with van der Waals surface area (Å²) in [6, 6.07) is 8.90. The zero-order valence-corrected chi connectivity index (χ0v) is 7.86. The average Bonchev–Trinajstić information content (AvgIpc) is 2.26. The molecule has 2 rings (SSSR count). The molecule has 0 spiro atoms. The third-order valence-electron chi connectivity index (χ3n) is 1.96. The highest BCUT2D eigenvalue weighted by atomic mass is 19.3. The summed E-state index contributed by atoms with van der Waals surface area (Å²) in [5, 5.41) is 0.879. The molecule has 0 radical (unpaired) electrons. The van der Waals surface area contributed by atoms with Gasteiger partial charge in [0.1, 0.15) is 17.9 Å². The van der Waals surface area contributed by atoms with Crippen LogP contribution < -0.4 is 4.74 Å². The van der Waals surface area contributed by atoms with Crippen LogP contribution in [0.3, 0.4) is 0 Å². The van der Waals surface area contributed by atoms with Gasteiger partial charge in [-0.25, -0.2) is 8.78 Å². The molecule has 1 aromatic carbocycles. The number of fused-ring (bicyclic) bond motifs is 1. The first-order chi connectivity index (χ1) is 7.27. The van der Waals surface area contributed by atoms with Crippen LogP contribution in [0.4, 0.5) is 8.78 Å². The Morgan fingerprint density at radius 3 is 2.80 bits per heavy atom. The van der Waals surface area contributed by atoms with Gasteiger partial charge in [-0.1, -0.05) is 18.2 Å². The first-order valence-corrected chi connectivity index (χ1v) is 4.52. The molecule has 0 unspecified atom stereocenters. The number of aromatic nitrogens is 1. The normalized spacial score (nSPS) is 10.9. The van der Waals surface area contributed by atoms with Crippen molar-refractivity contribution >= 4 is 10.9 Å². The number of halogens is 2. The molecule has 0 fully saturated rings. The summed E-state index contributed by atoms with van der Waals surface area (Å²) in [4.78, 5) is 4.09. The topological polar surface area (TPSA) is 22.1 Å². The Bertz CT molecular complexity index is 454. The first kappa shape index (κ1) is 9.83. The predicted molar refractivity (Wildman–Crippen MR) is 53.2 cm³/mol. The molecule has 0 saturated heterocycles. The number of benzene rings is 1. The van der Waals surface area contributed by atoms with Crippen LogP contribution >= 0.6 is 0 Å². The summed E-state index contributed by atoms with van der Waals surface area (Å²) in [5.74, 6) is 0.397. The predicted octanol–water partition coefficient (Wildman–Crippen LogP) is 2.88. The minimum Gasteiger partial charge on any atom is -0.485 e. The van der Waals surface area contributed by atoms with Gasteiger partial charge in [-0.05, 0) is 12.1 Å². The van der Waals surface area contributed by atoms with Crippen molar-refractivity contribution in [1.29, 1.82) is 0 Å². The summed E-state index contributed by atoms with van der Waals surface area (Å²) in [5.41, 5.74) is 0.612. The minimum absolute atomic E-state index is 0.397. The molecule has 0 N–H and O–H groups in total. The molecule has 0 aliphatic rings. The van der Waals surface area contributed by atoms with Gasteiger partial charge >= 0.3 is 0 Å². The molecule has 0 aliphatic carbocycles. The molecule has 4 heteroatoms. The standard InChI is InChI=1S/C11H9F2NO/c12-10(13)7-15-9-5-1-3-8-4-2-6-14-11(8)9/h1-6,10H,7H2. The highest BCUT2D eigenvalue weighted by Gasteiger charge is 2.06. The van der Waals surface area contributed by atoms with E-state index in [2.05, 4.69) is 4.98 Å². The number of hydrogen-bond acceptors (Lipinski definition) is 2. The second kappa shape index (κ2) is 4.21. The van der Waals surface area contributed by atoms with Crippen molar-refractivity contribution in [1.82, 2.24) is 4.98 Å². The number of hydrogen-bond donors (Lipinski definition) is 0. The highest BCUT2D eigenvalue weighted by molar-refractivity contribution is 5.84. The van der Waals surface area contributed by atoms with Gasteiger partial charge in [-0.2, -0.15) is 0 Å². The Morgan fingerprint density at radius 1 is 1.20 bits per heavy atom. The summed E-state index contributed by atoms with van der Waals surface area (Å²) in [6.07, 6.45) is -0.860. The number of pyridine rings is 1. The van der Waals surface area contributed by atoms with Crippen LogP contribution in [0.2, 0.25) is 0 Å². The molecule has 0 saturated carbocycles. The van der Waals surface area contributed by atoms with Crippen LogP contribution in [0.25, 0.3) is 10.9 Å². The Morgan fingerprint density at radius 2 is 2.00 bits per heavy atom. The average molecular weight is 209 g/mol. The number of para-hydroxylation sites is 1. The summed E-state index contributed by atoms with van der Waals surface area (Å²) < 4.78 is 28.9. The molecular formula is C11H9F2NO. The zero-order chi connectivity index (χ0) is 10.7. The van der Waals surface area contributed by atoms with Crippen molar-refractivity contribution in [2.45, 2.75) is 6.43 Å². The molecule has 0 atom stereocenters. The number of nitrogens with zero attached hydrogens (tertiary/aromatic N) is 1. The number of ether oxygens (including phenoxy) is 1. The molecule has 0 aliphatic heterocycles. The van der Waals surface area contributed by atoms with E-state index in [0.29, 0.717) is 11.3 Å². The van der Waals surface area contributed by atoms with Crippen LogP contribution in [-0.4, -0.2) is 18.0 Å². The van der Waals surface area contributed by atoms with Gasteiger partial charge in [-0.3, -0.25) is 4.98 Å². The van der Waals surface area contributed by atoms with Crippen LogP contribution in [-0.2, 0) is 0 Å². The van der Waals surface area contributed by atoms with E-state index in [4.69, 9.17) is 4.74 Å². The van der Waals surface area contributed by atoms with Gasteiger partial charge in [0.25, 0.3) is 6.43 Å². The van der Waals surface area contributed by atoms with Crippen LogP contribution in [0.5, 0.6) is 5.75 Å². The Hall–Kier alpha value is -1.71. The number of alkyl halides is 2. The van der Waals surface area contributed by atoms with Crippen LogP contribution in [0.1, 0.15) is 0 Å². The monoisotopic (exact) mass is 209 g/mol. The van der Waals surface area contributed by atoms with Gasteiger partial charge in [0.2, 0.25) is 0 Å². The van der Waals surface area contributed by atoms with Crippen molar-refractivity contribution in [3.8, 4) is 5.75 Å². The third kappa shape index (κ3) is 2.21. The Labute approximate surface area is 85.5 Å². The molecule has 0 bridgehead atoms. The van der Waals surface area contributed by atoms with E-state index in [1.54, 1.807) is 24.4 Å². The molecule has 78 valence electrons. The molecule has 15 heavy (non-hydrogen) atoms. The maximum atomic E-state index is 12.0. The third-order valence-corrected chi connectivity index (χ3v) is 1.96. The van der Waals surface area contributed by atoms with E-state index in [-0.39, 0.29) is 0 Å². The fourth-order valence-corrected chi connectivity index (χ4v) is 1.35. The van der Waals surface area contributed by atoms with E-state index in [0.717, 1.165) is 5.39 Å². The smallest absolute Gasteiger partial charge is 0.272 e. The number of rotatable bonds is 3. The van der Waals surface area contributed by atoms with E-state index in [9.17, 15) is 8.78 Å². The lowest BCUT2D eigenvalue weighted by atomic mass is 10.2. The molecule has 1 heterocycles. The van der Waals surface area contributed by atoms with Crippen molar-refractivity contribution in [3.05, 3.63) is 36.5 Å². The SMILES string of the molecule is FC(F)COc1cccc2cccnc12. The van der Waals surface area contributed by atoms with Gasteiger partial charge < -0.3 is 4.74 Å². The van der Waals surface area contributed by atoms with Crippen molar-refractivity contribution in [2.75, 3.05) is 6.61 Å². The van der Waals surface area contributed by atoms with E-state index in [1.807, 2.05) is 12.1 Å². The van der Waals surface area contributed by atoms with Crippen molar-refractivity contribution in [2.24, 2.45) is 0 Å². The first-order valence-electron chi connectivity index (χ1n) is 4.52. The maximum Gasteiger partial charge on any atom is 0.272 e. The molecule has 2 aromatic rings. The second-order valence-corrected chi connectivity index (χ2v) is 3.03. The summed E-state index contributed by atoms with van der Waals surface area (Å²) in [7, 11) is 0. The molecular weight excluding hydrogens is 200 g/mol. The largest absolute Gasteiger partial charge is 0.485 e. The fourth-order valence-electron chi connectivity index (χ4n) is 1.35. The van der Waals surface area contributed by atoms with Crippen molar-refractivity contribution < 1.29 is 13.5 Å². The summed E-state index contributed by atoms with van der Waals surface area (Å²) >= 11 is 0. The van der Waals surface area contributed by atoms with Gasteiger partial charge in [0.05, 0.1) is 0 Å². The van der Waals surface area contributed by atoms with Gasteiger partial charge in [0.15, 0.2) is 0 Å². The van der Waals surface area contributed by atoms with E-state index >= 15 is 0 Å². The van der Waals surface area contributed by atoms with Crippen LogP contribution in [0, 0.1) is 0 Å². The summed E-state index contributed by atoms with van der Waals surface area (Å²) in [6.45, 7) is -0.602. The van der Waals surface area contributed by atoms with E-state index in [1.165, 1.54) is 0 Å². The molecule has 1 aromatic heterocycles. The van der Waals surface area contributed by atoms with Crippen molar-refractivity contribution in [3.63, 3.8) is 0 Å². The zero-order valence-electron chi connectivity index (χ0n) is 7.86. The van der Waals surface area contributed by atoms with Crippen LogP contribution in [0.15, 0.2) is 36.5 Å². The Kier molecular flexibility index (Phi) is 2.76. The quantitative estimate of drug-likeness (QED) is 0.775. The van der Waals surface area contributed by atoms with Gasteiger partial charge in [0, 0.05) is 11.6 Å². The molecule has 2 nitrogen and oxygen atoms in total. The lowest BCUT2D eigenvalue weighted by Gasteiger charge is -2.07.